The molecule has 0 unspecified atom stereocenters. The Morgan fingerprint density at radius 3 is 2.62 bits per heavy atom. The fraction of sp³-hybridized carbons (Fsp3) is 0.214. The van der Waals surface area contributed by atoms with E-state index in [0.29, 0.717) is 6.61 Å². The van der Waals surface area contributed by atoms with E-state index >= 15 is 0 Å². The fourth-order valence-corrected chi connectivity index (χ4v) is 1.21. The molecule has 0 heterocycles. The Morgan fingerprint density at radius 1 is 1.31 bits per heavy atom. The third-order valence-electron chi connectivity index (χ3n) is 1.97. The van der Waals surface area contributed by atoms with Gasteiger partial charge < -0.3 is 4.74 Å². The molecular weight excluding hydrogens is 200 g/mol. The van der Waals surface area contributed by atoms with Crippen LogP contribution in [0.15, 0.2) is 48.1 Å². The second-order valence-electron chi connectivity index (χ2n) is 3.38. The van der Waals surface area contributed by atoms with Crippen LogP contribution in [0.2, 0.25) is 0 Å². The predicted molar refractivity (Wildman–Crippen MR) is 65.9 cm³/mol. The lowest BCUT2D eigenvalue weighted by Crippen LogP contribution is -1.99. The zero-order valence-corrected chi connectivity index (χ0v) is 9.64. The summed E-state index contributed by atoms with van der Waals surface area (Å²) in [6.07, 6.45) is 5.35. The van der Waals surface area contributed by atoms with Crippen molar-refractivity contribution in [3.63, 3.8) is 0 Å². The summed E-state index contributed by atoms with van der Waals surface area (Å²) in [5.74, 6) is -0.294. The van der Waals surface area contributed by atoms with Gasteiger partial charge in [-0.3, -0.25) is 0 Å². The number of carbonyl (C=O) groups excluding carboxylic acids is 1. The minimum Gasteiger partial charge on any atom is -0.463 e. The molecule has 84 valence electrons. The second-order valence-corrected chi connectivity index (χ2v) is 3.38. The van der Waals surface area contributed by atoms with E-state index in [9.17, 15) is 4.79 Å². The molecule has 1 aromatic rings. The van der Waals surface area contributed by atoms with Crippen molar-refractivity contribution in [1.82, 2.24) is 0 Å². The van der Waals surface area contributed by atoms with Gasteiger partial charge >= 0.3 is 5.97 Å². The third kappa shape index (κ3) is 4.60. The van der Waals surface area contributed by atoms with Crippen LogP contribution in [0.3, 0.4) is 0 Å². The number of ether oxygens (including phenoxy) is 1. The molecule has 2 heteroatoms. The van der Waals surface area contributed by atoms with E-state index in [0.717, 1.165) is 11.1 Å². The standard InChI is InChI=1S/C14H16O2/c1-3-16-14(15)11-12(2)9-10-13-7-5-4-6-8-13/h4-11H,3H2,1-2H3/b10-9-,12-11-. The van der Waals surface area contributed by atoms with Crippen molar-refractivity contribution in [2.75, 3.05) is 6.61 Å². The molecule has 1 rings (SSSR count). The summed E-state index contributed by atoms with van der Waals surface area (Å²) in [5, 5.41) is 0. The molecule has 0 bridgehead atoms. The van der Waals surface area contributed by atoms with E-state index in [1.54, 1.807) is 6.92 Å². The summed E-state index contributed by atoms with van der Waals surface area (Å²) in [4.78, 5) is 11.1. The number of hydrogen-bond donors (Lipinski definition) is 0. The first-order valence-corrected chi connectivity index (χ1v) is 5.30. The van der Waals surface area contributed by atoms with Crippen LogP contribution in [0.25, 0.3) is 6.08 Å². The average Bonchev–Trinajstić information content (AvgIpc) is 2.28. The summed E-state index contributed by atoms with van der Waals surface area (Å²) >= 11 is 0. The molecule has 0 atom stereocenters. The van der Waals surface area contributed by atoms with Crippen LogP contribution in [0.5, 0.6) is 0 Å². The van der Waals surface area contributed by atoms with E-state index < -0.39 is 0 Å². The number of hydrogen-bond acceptors (Lipinski definition) is 2. The number of carbonyl (C=O) groups is 1. The van der Waals surface area contributed by atoms with Crippen molar-refractivity contribution in [2.24, 2.45) is 0 Å². The zero-order chi connectivity index (χ0) is 11.8. The van der Waals surface area contributed by atoms with Gasteiger partial charge in [0, 0.05) is 6.08 Å². The highest BCUT2D eigenvalue weighted by Crippen LogP contribution is 2.04. The largest absolute Gasteiger partial charge is 0.463 e. The molecule has 0 saturated heterocycles. The van der Waals surface area contributed by atoms with Crippen LogP contribution in [0.1, 0.15) is 19.4 Å². The molecule has 0 aliphatic heterocycles. The molecule has 0 aromatic heterocycles. The first-order valence-electron chi connectivity index (χ1n) is 5.30. The van der Waals surface area contributed by atoms with Crippen LogP contribution in [-0.4, -0.2) is 12.6 Å². The Hall–Kier alpha value is -1.83. The van der Waals surface area contributed by atoms with Crippen molar-refractivity contribution in [3.05, 3.63) is 53.6 Å². The molecular formula is C14H16O2. The normalized spacial score (nSPS) is 11.8. The first-order chi connectivity index (χ1) is 7.72. The molecule has 0 aliphatic rings. The smallest absolute Gasteiger partial charge is 0.330 e. The van der Waals surface area contributed by atoms with Crippen LogP contribution in [0.4, 0.5) is 0 Å². The Kier molecular flexibility index (Phi) is 5.06. The lowest BCUT2D eigenvalue weighted by Gasteiger charge is -1.96. The van der Waals surface area contributed by atoms with Crippen molar-refractivity contribution < 1.29 is 9.53 Å². The third-order valence-corrected chi connectivity index (χ3v) is 1.97. The zero-order valence-electron chi connectivity index (χ0n) is 9.64. The highest BCUT2D eigenvalue weighted by Gasteiger charge is 1.94. The molecule has 0 N–H and O–H groups in total. The van der Waals surface area contributed by atoms with E-state index in [2.05, 4.69) is 0 Å². The maximum atomic E-state index is 11.1. The van der Waals surface area contributed by atoms with Gasteiger partial charge in [-0.2, -0.15) is 0 Å². The van der Waals surface area contributed by atoms with Gasteiger partial charge in [0.25, 0.3) is 0 Å². The van der Waals surface area contributed by atoms with Crippen molar-refractivity contribution >= 4 is 12.0 Å². The Labute approximate surface area is 96.2 Å². The fourth-order valence-electron chi connectivity index (χ4n) is 1.21. The maximum Gasteiger partial charge on any atom is 0.330 e. The van der Waals surface area contributed by atoms with Crippen molar-refractivity contribution in [1.29, 1.82) is 0 Å². The van der Waals surface area contributed by atoms with E-state index in [-0.39, 0.29) is 5.97 Å². The average molecular weight is 216 g/mol. The number of allylic oxidation sites excluding steroid dienone is 2. The van der Waals surface area contributed by atoms with Gasteiger partial charge in [0.2, 0.25) is 0 Å². The molecule has 0 amide bonds. The van der Waals surface area contributed by atoms with Gasteiger partial charge in [-0.25, -0.2) is 4.79 Å². The second kappa shape index (κ2) is 6.62. The molecule has 1 aromatic carbocycles. The highest BCUT2D eigenvalue weighted by atomic mass is 16.5. The molecule has 0 radical (unpaired) electrons. The summed E-state index contributed by atoms with van der Waals surface area (Å²) in [7, 11) is 0. The van der Waals surface area contributed by atoms with Crippen molar-refractivity contribution in [3.8, 4) is 0 Å². The van der Waals surface area contributed by atoms with E-state index in [4.69, 9.17) is 4.74 Å². The lowest BCUT2D eigenvalue weighted by molar-refractivity contribution is -0.137. The van der Waals surface area contributed by atoms with Crippen LogP contribution in [0, 0.1) is 0 Å². The Bertz CT molecular complexity index is 388. The molecule has 0 saturated carbocycles. The Balaban J connectivity index is 2.60. The molecule has 0 fully saturated rings. The van der Waals surface area contributed by atoms with E-state index in [1.165, 1.54) is 6.08 Å². The maximum absolute atomic E-state index is 11.1. The number of benzene rings is 1. The molecule has 0 spiro atoms. The first kappa shape index (κ1) is 12.2. The lowest BCUT2D eigenvalue weighted by atomic mass is 10.1. The molecule has 0 aliphatic carbocycles. The van der Waals surface area contributed by atoms with Gasteiger partial charge in [-0.1, -0.05) is 42.5 Å². The quantitative estimate of drug-likeness (QED) is 0.439. The van der Waals surface area contributed by atoms with Crippen LogP contribution in [-0.2, 0) is 9.53 Å². The van der Waals surface area contributed by atoms with Gasteiger partial charge in [-0.15, -0.1) is 0 Å². The van der Waals surface area contributed by atoms with Crippen molar-refractivity contribution in [2.45, 2.75) is 13.8 Å². The summed E-state index contributed by atoms with van der Waals surface area (Å²) in [6, 6.07) is 9.94. The van der Waals surface area contributed by atoms with Gasteiger partial charge in [0.1, 0.15) is 0 Å². The van der Waals surface area contributed by atoms with Crippen LogP contribution >= 0.6 is 0 Å². The Morgan fingerprint density at radius 2 is 2.00 bits per heavy atom. The molecule has 2 nitrogen and oxygen atoms in total. The summed E-state index contributed by atoms with van der Waals surface area (Å²) < 4.78 is 4.82. The topological polar surface area (TPSA) is 26.3 Å². The van der Waals surface area contributed by atoms with Crippen LogP contribution < -0.4 is 0 Å². The minimum atomic E-state index is -0.294. The van der Waals surface area contributed by atoms with Gasteiger partial charge in [0.05, 0.1) is 6.61 Å². The highest BCUT2D eigenvalue weighted by molar-refractivity contribution is 5.83. The monoisotopic (exact) mass is 216 g/mol. The molecule has 16 heavy (non-hydrogen) atoms. The van der Waals surface area contributed by atoms with E-state index in [1.807, 2.05) is 49.4 Å². The number of rotatable bonds is 4. The van der Waals surface area contributed by atoms with Gasteiger partial charge in [-0.05, 0) is 25.0 Å². The minimum absolute atomic E-state index is 0.294. The summed E-state index contributed by atoms with van der Waals surface area (Å²) in [5.41, 5.74) is 1.99. The predicted octanol–water partition coefficient (Wildman–Crippen LogP) is 3.21. The number of esters is 1. The summed E-state index contributed by atoms with van der Waals surface area (Å²) in [6.45, 7) is 4.07. The SMILES string of the molecule is CCOC(=O)/C=C(C)\C=C/c1ccccc1. The van der Waals surface area contributed by atoms with Gasteiger partial charge in [0.15, 0.2) is 0 Å².